The van der Waals surface area contributed by atoms with Crippen LogP contribution in [0.1, 0.15) is 36.5 Å². The summed E-state index contributed by atoms with van der Waals surface area (Å²) in [6, 6.07) is 2.05. The van der Waals surface area contributed by atoms with Crippen LogP contribution in [0.2, 0.25) is 0 Å². The van der Waals surface area contributed by atoms with E-state index in [1.54, 1.807) is 0 Å². The molecule has 1 aromatic carbocycles. The van der Waals surface area contributed by atoms with Gasteiger partial charge in [0.05, 0.1) is 5.56 Å². The monoisotopic (exact) mass is 415 g/mol. The second-order valence-corrected chi connectivity index (χ2v) is 8.13. The molecule has 1 aromatic rings. The minimum atomic E-state index is -4.09. The van der Waals surface area contributed by atoms with Gasteiger partial charge < -0.3 is 10.1 Å². The van der Waals surface area contributed by atoms with Gasteiger partial charge in [0.2, 0.25) is 10.0 Å². The number of ether oxygens (including phenoxy) is 1. The van der Waals surface area contributed by atoms with Crippen LogP contribution in [0.3, 0.4) is 0 Å². The Morgan fingerprint density at radius 1 is 1.18 bits per heavy atom. The number of benzene rings is 1. The molecule has 1 saturated heterocycles. The first-order valence-electron chi connectivity index (χ1n) is 8.70. The van der Waals surface area contributed by atoms with E-state index in [0.29, 0.717) is 12.8 Å². The highest BCUT2D eigenvalue weighted by Crippen LogP contribution is 2.24. The second kappa shape index (κ2) is 9.11. The molecule has 154 valence electrons. The molecule has 0 bridgehead atoms. The Balaban J connectivity index is 2.18. The lowest BCUT2D eigenvalue weighted by molar-refractivity contribution is -0.127. The summed E-state index contributed by atoms with van der Waals surface area (Å²) in [5.41, 5.74) is -0.225. The van der Waals surface area contributed by atoms with Gasteiger partial charge in [0.15, 0.2) is 6.10 Å². The van der Waals surface area contributed by atoms with Gasteiger partial charge >= 0.3 is 12.0 Å². The van der Waals surface area contributed by atoms with Crippen LogP contribution < -0.4 is 10.6 Å². The van der Waals surface area contributed by atoms with Crippen LogP contribution in [0.5, 0.6) is 0 Å². The summed E-state index contributed by atoms with van der Waals surface area (Å²) < 4.78 is 45.7. The molecular weight excluding hydrogens is 393 g/mol. The number of imide groups is 1. The minimum absolute atomic E-state index is 0.225. The fraction of sp³-hybridized carbons (Fsp3) is 0.471. The lowest BCUT2D eigenvalue weighted by atomic mass is 10.2. The van der Waals surface area contributed by atoms with Gasteiger partial charge in [0, 0.05) is 20.1 Å². The van der Waals surface area contributed by atoms with Gasteiger partial charge in [-0.25, -0.2) is 22.4 Å². The molecule has 3 amide bonds. The van der Waals surface area contributed by atoms with Crippen molar-refractivity contribution in [2.24, 2.45) is 0 Å². The van der Waals surface area contributed by atoms with Crippen LogP contribution in [0.4, 0.5) is 9.18 Å². The van der Waals surface area contributed by atoms with Gasteiger partial charge in [-0.3, -0.25) is 10.1 Å². The third-order valence-corrected chi connectivity index (χ3v) is 6.13. The SMILES string of the molecule is CNC(=O)NC(=O)C(C)OC(=O)c1ccc(F)c(S(=O)(=O)N2CCCCC2)c1. The normalized spacial score (nSPS) is 16.1. The van der Waals surface area contributed by atoms with E-state index < -0.39 is 44.7 Å². The molecular formula is C17H22FN3O6S. The van der Waals surface area contributed by atoms with Crippen molar-refractivity contribution in [2.45, 2.75) is 37.2 Å². The Hall–Kier alpha value is -2.53. The van der Waals surface area contributed by atoms with E-state index in [2.05, 4.69) is 5.32 Å². The first-order chi connectivity index (χ1) is 13.2. The molecule has 1 atom stereocenters. The molecule has 11 heteroatoms. The quantitative estimate of drug-likeness (QED) is 0.692. The number of hydrogen-bond donors (Lipinski definition) is 2. The standard InChI is InChI=1S/C17H22FN3O6S/c1-11(15(22)20-17(24)19-2)27-16(23)12-6-7-13(18)14(10-12)28(25,26)21-8-4-3-5-9-21/h6-7,10-11H,3-5,8-9H2,1-2H3,(H2,19,20,22,24). The number of sulfonamides is 1. The third kappa shape index (κ3) is 5.04. The number of halogens is 1. The number of urea groups is 1. The van der Waals surface area contributed by atoms with Crippen molar-refractivity contribution in [1.29, 1.82) is 0 Å². The largest absolute Gasteiger partial charge is 0.449 e. The minimum Gasteiger partial charge on any atom is -0.449 e. The zero-order valence-electron chi connectivity index (χ0n) is 15.5. The molecule has 0 spiro atoms. The number of nitrogens with one attached hydrogen (secondary N) is 2. The molecule has 1 aliphatic heterocycles. The molecule has 2 N–H and O–H groups in total. The van der Waals surface area contributed by atoms with E-state index in [0.717, 1.165) is 24.6 Å². The van der Waals surface area contributed by atoms with E-state index in [9.17, 15) is 27.2 Å². The molecule has 0 saturated carbocycles. The first-order valence-corrected chi connectivity index (χ1v) is 10.1. The van der Waals surface area contributed by atoms with E-state index >= 15 is 0 Å². The highest BCUT2D eigenvalue weighted by Gasteiger charge is 2.30. The first kappa shape index (κ1) is 21.8. The van der Waals surface area contributed by atoms with E-state index in [-0.39, 0.29) is 18.7 Å². The predicted octanol–water partition coefficient (Wildman–Crippen LogP) is 1.00. The van der Waals surface area contributed by atoms with Crippen LogP contribution >= 0.6 is 0 Å². The van der Waals surface area contributed by atoms with E-state index in [4.69, 9.17) is 4.74 Å². The average Bonchev–Trinajstić information content (AvgIpc) is 2.68. The number of hydrogen-bond acceptors (Lipinski definition) is 6. The molecule has 0 aromatic heterocycles. The fourth-order valence-corrected chi connectivity index (χ4v) is 4.24. The van der Waals surface area contributed by atoms with E-state index in [1.165, 1.54) is 18.3 Å². The highest BCUT2D eigenvalue weighted by molar-refractivity contribution is 7.89. The summed E-state index contributed by atoms with van der Waals surface area (Å²) in [6.07, 6.45) is 0.940. The molecule has 1 fully saturated rings. The zero-order valence-corrected chi connectivity index (χ0v) is 16.3. The molecule has 1 heterocycles. The lowest BCUT2D eigenvalue weighted by Gasteiger charge is -2.26. The highest BCUT2D eigenvalue weighted by atomic mass is 32.2. The Morgan fingerprint density at radius 3 is 2.43 bits per heavy atom. The predicted molar refractivity (Wildman–Crippen MR) is 96.5 cm³/mol. The Labute approximate surface area is 162 Å². The van der Waals surface area contributed by atoms with Crippen molar-refractivity contribution in [1.82, 2.24) is 14.9 Å². The number of esters is 1. The maximum atomic E-state index is 14.2. The lowest BCUT2D eigenvalue weighted by Crippen LogP contribution is -2.43. The number of carbonyl (C=O) groups is 3. The van der Waals surface area contributed by atoms with Gasteiger partial charge in [-0.1, -0.05) is 6.42 Å². The van der Waals surface area contributed by atoms with Crippen molar-refractivity contribution >= 4 is 27.9 Å². The number of piperidine rings is 1. The van der Waals surface area contributed by atoms with Gasteiger partial charge in [-0.2, -0.15) is 4.31 Å². The number of rotatable bonds is 5. The summed E-state index contributed by atoms with van der Waals surface area (Å²) >= 11 is 0. The van der Waals surface area contributed by atoms with Crippen molar-refractivity contribution in [3.8, 4) is 0 Å². The van der Waals surface area contributed by atoms with Crippen LogP contribution in [0.15, 0.2) is 23.1 Å². The Bertz CT molecular complexity index is 868. The molecule has 0 radical (unpaired) electrons. The maximum Gasteiger partial charge on any atom is 0.338 e. The smallest absolute Gasteiger partial charge is 0.338 e. The average molecular weight is 415 g/mol. The third-order valence-electron chi connectivity index (χ3n) is 4.22. The maximum absolute atomic E-state index is 14.2. The van der Waals surface area contributed by atoms with E-state index in [1.807, 2.05) is 5.32 Å². The van der Waals surface area contributed by atoms with Crippen molar-refractivity contribution in [3.05, 3.63) is 29.6 Å². The van der Waals surface area contributed by atoms with Gasteiger partial charge in [-0.15, -0.1) is 0 Å². The van der Waals surface area contributed by atoms with Crippen molar-refractivity contribution < 1.29 is 31.9 Å². The summed E-state index contributed by atoms with van der Waals surface area (Å²) in [4.78, 5) is 34.5. The number of carbonyl (C=O) groups excluding carboxylic acids is 3. The summed E-state index contributed by atoms with van der Waals surface area (Å²) in [5, 5.41) is 4.12. The number of nitrogens with zero attached hydrogens (tertiary/aromatic N) is 1. The molecule has 0 aliphatic carbocycles. The van der Waals surface area contributed by atoms with Crippen LogP contribution in [-0.2, 0) is 19.6 Å². The topological polar surface area (TPSA) is 122 Å². The Morgan fingerprint density at radius 2 is 1.82 bits per heavy atom. The van der Waals surface area contributed by atoms with Crippen LogP contribution in [0.25, 0.3) is 0 Å². The van der Waals surface area contributed by atoms with Gasteiger partial charge in [-0.05, 0) is 38.0 Å². The van der Waals surface area contributed by atoms with Crippen LogP contribution in [0, 0.1) is 5.82 Å². The van der Waals surface area contributed by atoms with Crippen molar-refractivity contribution in [2.75, 3.05) is 20.1 Å². The fourth-order valence-electron chi connectivity index (χ4n) is 2.63. The van der Waals surface area contributed by atoms with Crippen molar-refractivity contribution in [3.63, 3.8) is 0 Å². The molecule has 1 aliphatic rings. The van der Waals surface area contributed by atoms with Gasteiger partial charge in [0.25, 0.3) is 5.91 Å². The molecule has 28 heavy (non-hydrogen) atoms. The second-order valence-electron chi connectivity index (χ2n) is 6.23. The summed E-state index contributed by atoms with van der Waals surface area (Å²) in [6.45, 7) is 1.81. The molecule has 9 nitrogen and oxygen atoms in total. The summed E-state index contributed by atoms with van der Waals surface area (Å²) in [5.74, 6) is -2.86. The number of amides is 3. The summed E-state index contributed by atoms with van der Waals surface area (Å²) in [7, 11) is -2.79. The molecule has 1 unspecified atom stereocenters. The van der Waals surface area contributed by atoms with Crippen LogP contribution in [-0.4, -0.2) is 56.9 Å². The van der Waals surface area contributed by atoms with Gasteiger partial charge in [0.1, 0.15) is 10.7 Å². The molecule has 2 rings (SSSR count). The zero-order chi connectivity index (χ0) is 20.9. The Kier molecular flexibility index (Phi) is 7.08.